The van der Waals surface area contributed by atoms with Crippen LogP contribution in [0.2, 0.25) is 0 Å². The van der Waals surface area contributed by atoms with Crippen molar-refractivity contribution in [3.8, 4) is 0 Å². The third kappa shape index (κ3) is 3.25. The molecule has 1 fully saturated rings. The molecule has 98 valence electrons. The van der Waals surface area contributed by atoms with E-state index in [2.05, 4.69) is 49.3 Å². The topological polar surface area (TPSA) is 12.5 Å². The van der Waals surface area contributed by atoms with E-state index < -0.39 is 0 Å². The molecule has 4 heteroatoms. The third-order valence-corrected chi connectivity index (χ3v) is 4.28. The summed E-state index contributed by atoms with van der Waals surface area (Å²) in [6, 6.07) is 8.47. The first kappa shape index (κ1) is 13.8. The van der Waals surface area contributed by atoms with Crippen LogP contribution >= 0.6 is 24.0 Å². The Morgan fingerprint density at radius 1 is 1.22 bits per heavy atom. The summed E-state index contributed by atoms with van der Waals surface area (Å²) in [5.41, 5.74) is 1.13. The van der Waals surface area contributed by atoms with E-state index in [9.17, 15) is 0 Å². The molecule has 0 aromatic heterocycles. The highest BCUT2D eigenvalue weighted by Gasteiger charge is 2.24. The van der Waals surface area contributed by atoms with Gasteiger partial charge in [0.15, 0.2) is 0 Å². The normalized spacial score (nSPS) is 24.1. The highest BCUT2D eigenvalue weighted by molar-refractivity contribution is 7.98. The van der Waals surface area contributed by atoms with Crippen molar-refractivity contribution in [2.24, 2.45) is 0 Å². The van der Waals surface area contributed by atoms with Crippen LogP contribution in [-0.2, 0) is 4.74 Å². The fourth-order valence-corrected chi connectivity index (χ4v) is 2.95. The Hall–Kier alpha value is -0.580. The molecule has 0 unspecified atom stereocenters. The molecule has 1 aliphatic heterocycles. The number of thiocarbonyl (C=S) groups is 1. The van der Waals surface area contributed by atoms with Crippen LogP contribution in [0.25, 0.3) is 0 Å². The van der Waals surface area contributed by atoms with Crippen LogP contribution in [-0.4, -0.2) is 41.4 Å². The van der Waals surface area contributed by atoms with E-state index in [1.165, 1.54) is 4.90 Å². The standard InChI is InChI=1S/C14H19NOS2/c1-10-8-15(9-11(2)16-10)14(17)12-4-6-13(18-3)7-5-12/h4-7,10-11H,8-9H2,1-3H3/t10-,11-/m1/s1. The molecule has 1 saturated heterocycles. The molecule has 1 aromatic rings. The minimum absolute atomic E-state index is 0.247. The molecular formula is C14H19NOS2. The van der Waals surface area contributed by atoms with Gasteiger partial charge in [-0.1, -0.05) is 24.4 Å². The van der Waals surface area contributed by atoms with E-state index >= 15 is 0 Å². The first-order valence-corrected chi connectivity index (χ1v) is 7.82. The summed E-state index contributed by atoms with van der Waals surface area (Å²) in [7, 11) is 0. The van der Waals surface area contributed by atoms with E-state index in [4.69, 9.17) is 17.0 Å². The molecule has 0 amide bonds. The second-order valence-corrected chi connectivity index (χ2v) is 5.96. The molecule has 0 bridgehead atoms. The lowest BCUT2D eigenvalue weighted by Gasteiger charge is -2.37. The molecule has 2 nitrogen and oxygen atoms in total. The molecule has 1 aliphatic rings. The molecule has 2 atom stereocenters. The number of thioether (sulfide) groups is 1. The second kappa shape index (κ2) is 6.04. The SMILES string of the molecule is CSc1ccc(C(=S)N2C[C@@H](C)O[C@H](C)C2)cc1. The molecular weight excluding hydrogens is 262 g/mol. The maximum Gasteiger partial charge on any atom is 0.109 e. The number of ether oxygens (including phenoxy) is 1. The molecule has 1 heterocycles. The van der Waals surface area contributed by atoms with Gasteiger partial charge in [0.1, 0.15) is 4.99 Å². The zero-order valence-corrected chi connectivity index (χ0v) is 12.7. The van der Waals surface area contributed by atoms with Crippen molar-refractivity contribution in [1.29, 1.82) is 0 Å². The van der Waals surface area contributed by atoms with Gasteiger partial charge in [0.2, 0.25) is 0 Å². The smallest absolute Gasteiger partial charge is 0.109 e. The molecule has 0 aliphatic carbocycles. The lowest BCUT2D eigenvalue weighted by atomic mass is 10.1. The van der Waals surface area contributed by atoms with Crippen LogP contribution in [0.1, 0.15) is 19.4 Å². The van der Waals surface area contributed by atoms with Crippen LogP contribution in [0.5, 0.6) is 0 Å². The number of nitrogens with zero attached hydrogens (tertiary/aromatic N) is 1. The molecule has 18 heavy (non-hydrogen) atoms. The fraction of sp³-hybridized carbons (Fsp3) is 0.500. The van der Waals surface area contributed by atoms with Crippen molar-refractivity contribution in [1.82, 2.24) is 4.90 Å². The van der Waals surface area contributed by atoms with Crippen LogP contribution in [0, 0.1) is 0 Å². The highest BCUT2D eigenvalue weighted by Crippen LogP contribution is 2.18. The Balaban J connectivity index is 2.09. The van der Waals surface area contributed by atoms with Gasteiger partial charge in [-0.3, -0.25) is 0 Å². The van der Waals surface area contributed by atoms with Crippen LogP contribution in [0.4, 0.5) is 0 Å². The molecule has 0 N–H and O–H groups in total. The molecule has 1 aromatic carbocycles. The van der Waals surface area contributed by atoms with E-state index in [0.29, 0.717) is 0 Å². The van der Waals surface area contributed by atoms with Crippen molar-refractivity contribution in [3.05, 3.63) is 29.8 Å². The average Bonchev–Trinajstić information content (AvgIpc) is 2.37. The van der Waals surface area contributed by atoms with Gasteiger partial charge in [0, 0.05) is 23.5 Å². The van der Waals surface area contributed by atoms with Crippen LogP contribution in [0.15, 0.2) is 29.2 Å². The predicted octanol–water partition coefficient (Wildman–Crippen LogP) is 3.19. The monoisotopic (exact) mass is 281 g/mol. The molecule has 0 radical (unpaired) electrons. The van der Waals surface area contributed by atoms with E-state index in [1.54, 1.807) is 11.8 Å². The quantitative estimate of drug-likeness (QED) is 0.609. The number of rotatable bonds is 2. The first-order chi connectivity index (χ1) is 8.60. The summed E-state index contributed by atoms with van der Waals surface area (Å²) in [6.45, 7) is 5.96. The summed E-state index contributed by atoms with van der Waals surface area (Å²) in [5.74, 6) is 0. The van der Waals surface area contributed by atoms with Crippen molar-refractivity contribution in [2.75, 3.05) is 19.3 Å². The van der Waals surface area contributed by atoms with Gasteiger partial charge in [-0.25, -0.2) is 0 Å². The largest absolute Gasteiger partial charge is 0.372 e. The minimum atomic E-state index is 0.247. The van der Waals surface area contributed by atoms with Gasteiger partial charge in [0.25, 0.3) is 0 Å². The third-order valence-electron chi connectivity index (χ3n) is 3.04. The van der Waals surface area contributed by atoms with E-state index in [0.717, 1.165) is 23.6 Å². The second-order valence-electron chi connectivity index (χ2n) is 4.70. The molecule has 0 saturated carbocycles. The number of hydrogen-bond donors (Lipinski definition) is 0. The first-order valence-electron chi connectivity index (χ1n) is 6.19. The Bertz CT molecular complexity index is 408. The van der Waals surface area contributed by atoms with Crippen molar-refractivity contribution >= 4 is 29.0 Å². The maximum absolute atomic E-state index is 5.73. The predicted molar refractivity (Wildman–Crippen MR) is 81.5 cm³/mol. The van der Waals surface area contributed by atoms with Gasteiger partial charge < -0.3 is 9.64 Å². The van der Waals surface area contributed by atoms with Gasteiger partial charge in [-0.2, -0.15) is 0 Å². The number of morpholine rings is 1. The van der Waals surface area contributed by atoms with Crippen molar-refractivity contribution in [3.63, 3.8) is 0 Å². The minimum Gasteiger partial charge on any atom is -0.372 e. The van der Waals surface area contributed by atoms with Crippen molar-refractivity contribution < 1.29 is 4.74 Å². The Morgan fingerprint density at radius 2 is 1.78 bits per heavy atom. The van der Waals surface area contributed by atoms with Crippen molar-refractivity contribution in [2.45, 2.75) is 31.0 Å². The fourth-order valence-electron chi connectivity index (χ4n) is 2.26. The number of hydrogen-bond acceptors (Lipinski definition) is 3. The highest BCUT2D eigenvalue weighted by atomic mass is 32.2. The number of benzene rings is 1. The van der Waals surface area contributed by atoms with Gasteiger partial charge in [0.05, 0.1) is 12.2 Å². The lowest BCUT2D eigenvalue weighted by Crippen LogP contribution is -2.47. The Labute approximate surface area is 119 Å². The van der Waals surface area contributed by atoms with Crippen LogP contribution < -0.4 is 0 Å². The molecule has 2 rings (SSSR count). The Kier molecular flexibility index (Phi) is 4.65. The Morgan fingerprint density at radius 3 is 2.28 bits per heavy atom. The lowest BCUT2D eigenvalue weighted by molar-refractivity contribution is -0.0472. The van der Waals surface area contributed by atoms with E-state index in [1.807, 2.05) is 0 Å². The summed E-state index contributed by atoms with van der Waals surface area (Å²) in [5, 5.41) is 0. The zero-order chi connectivity index (χ0) is 13.1. The van der Waals surface area contributed by atoms with Gasteiger partial charge >= 0.3 is 0 Å². The van der Waals surface area contributed by atoms with Gasteiger partial charge in [-0.15, -0.1) is 11.8 Å². The average molecular weight is 281 g/mol. The molecule has 0 spiro atoms. The van der Waals surface area contributed by atoms with E-state index in [-0.39, 0.29) is 12.2 Å². The maximum atomic E-state index is 5.73. The zero-order valence-electron chi connectivity index (χ0n) is 11.1. The van der Waals surface area contributed by atoms with Gasteiger partial charge in [-0.05, 0) is 32.2 Å². The summed E-state index contributed by atoms with van der Waals surface area (Å²) in [4.78, 5) is 4.46. The van der Waals surface area contributed by atoms with Crippen LogP contribution in [0.3, 0.4) is 0 Å². The summed E-state index contributed by atoms with van der Waals surface area (Å²) in [6.07, 6.45) is 2.58. The summed E-state index contributed by atoms with van der Waals surface area (Å²) < 4.78 is 5.73. The summed E-state index contributed by atoms with van der Waals surface area (Å²) >= 11 is 7.34.